The lowest BCUT2D eigenvalue weighted by Gasteiger charge is -2.36. The minimum Gasteiger partial charge on any atom is -0.348 e. The summed E-state index contributed by atoms with van der Waals surface area (Å²) >= 11 is 0. The van der Waals surface area contributed by atoms with E-state index in [4.69, 9.17) is 0 Å². The first kappa shape index (κ1) is 13.1. The van der Waals surface area contributed by atoms with E-state index in [-0.39, 0.29) is 5.56 Å². The smallest absolute Gasteiger partial charge is 0.290 e. The fraction of sp³-hybridized carbons (Fsp3) is 0.692. The third kappa shape index (κ3) is 3.10. The van der Waals surface area contributed by atoms with Crippen molar-refractivity contribution in [2.45, 2.75) is 38.6 Å². The van der Waals surface area contributed by atoms with Crippen molar-refractivity contribution in [2.75, 3.05) is 24.5 Å². The number of rotatable bonds is 5. The molecule has 0 aromatic carbocycles. The number of nitrogens with zero attached hydrogens (tertiary/aromatic N) is 2. The molecule has 1 aliphatic heterocycles. The maximum atomic E-state index is 11.8. The van der Waals surface area contributed by atoms with Gasteiger partial charge in [0, 0.05) is 31.5 Å². The average Bonchev–Trinajstić information content (AvgIpc) is 2.40. The summed E-state index contributed by atoms with van der Waals surface area (Å²) in [6.45, 7) is 5.06. The molecule has 0 bridgehead atoms. The number of aromatic amines is 1. The monoisotopic (exact) mass is 250 g/mol. The molecule has 1 aromatic heterocycles. The molecule has 0 spiro atoms. The molecule has 1 aliphatic rings. The van der Waals surface area contributed by atoms with Gasteiger partial charge in [-0.1, -0.05) is 6.92 Å². The summed E-state index contributed by atoms with van der Waals surface area (Å²) in [6.07, 6.45) is 7.88. The third-order valence-corrected chi connectivity index (χ3v) is 3.39. The SMILES string of the molecule is CCCNCC1CCCCN1c1ncc[nH]c1=O. The Kier molecular flexibility index (Phi) is 4.75. The molecule has 1 aromatic rings. The maximum absolute atomic E-state index is 11.8. The van der Waals surface area contributed by atoms with Crippen molar-refractivity contribution in [3.05, 3.63) is 22.7 Å². The van der Waals surface area contributed by atoms with Crippen LogP contribution in [-0.4, -0.2) is 35.6 Å². The molecule has 0 radical (unpaired) electrons. The zero-order valence-corrected chi connectivity index (χ0v) is 11.0. The van der Waals surface area contributed by atoms with Crippen LogP contribution < -0.4 is 15.8 Å². The van der Waals surface area contributed by atoms with E-state index in [2.05, 4.69) is 27.1 Å². The van der Waals surface area contributed by atoms with Gasteiger partial charge >= 0.3 is 0 Å². The maximum Gasteiger partial charge on any atom is 0.290 e. The Hall–Kier alpha value is -1.36. The molecule has 18 heavy (non-hydrogen) atoms. The van der Waals surface area contributed by atoms with Gasteiger partial charge < -0.3 is 15.2 Å². The molecule has 2 heterocycles. The highest BCUT2D eigenvalue weighted by Crippen LogP contribution is 2.19. The Balaban J connectivity index is 2.08. The minimum absolute atomic E-state index is 0.0834. The van der Waals surface area contributed by atoms with Gasteiger partial charge in [-0.3, -0.25) is 4.79 Å². The van der Waals surface area contributed by atoms with Crippen molar-refractivity contribution < 1.29 is 0 Å². The topological polar surface area (TPSA) is 61.0 Å². The van der Waals surface area contributed by atoms with E-state index in [9.17, 15) is 4.79 Å². The Labute approximate surface area is 108 Å². The number of piperidine rings is 1. The standard InChI is InChI=1S/C13H22N4O/c1-2-6-14-10-11-5-3-4-9-17(11)12-13(18)16-8-7-15-12/h7-8,11,14H,2-6,9-10H2,1H3,(H,16,18). The second-order valence-corrected chi connectivity index (χ2v) is 4.79. The highest BCUT2D eigenvalue weighted by Gasteiger charge is 2.24. The van der Waals surface area contributed by atoms with Crippen LogP contribution in [0.1, 0.15) is 32.6 Å². The number of hydrogen-bond donors (Lipinski definition) is 2. The highest BCUT2D eigenvalue weighted by molar-refractivity contribution is 5.37. The summed E-state index contributed by atoms with van der Waals surface area (Å²) in [5.41, 5.74) is -0.0834. The van der Waals surface area contributed by atoms with Crippen LogP contribution in [0.4, 0.5) is 5.82 Å². The first-order chi connectivity index (χ1) is 8.83. The predicted molar refractivity (Wildman–Crippen MR) is 73.0 cm³/mol. The number of nitrogens with one attached hydrogen (secondary N) is 2. The van der Waals surface area contributed by atoms with E-state index >= 15 is 0 Å². The molecule has 5 nitrogen and oxygen atoms in total. The number of hydrogen-bond acceptors (Lipinski definition) is 4. The van der Waals surface area contributed by atoms with E-state index < -0.39 is 0 Å². The second kappa shape index (κ2) is 6.54. The molecule has 0 saturated carbocycles. The molecule has 100 valence electrons. The van der Waals surface area contributed by atoms with Crippen molar-refractivity contribution in [2.24, 2.45) is 0 Å². The summed E-state index contributed by atoms with van der Waals surface area (Å²) in [5.74, 6) is 0.570. The van der Waals surface area contributed by atoms with Crippen LogP contribution in [0.3, 0.4) is 0 Å². The highest BCUT2D eigenvalue weighted by atomic mass is 16.1. The van der Waals surface area contributed by atoms with Crippen molar-refractivity contribution in [3.63, 3.8) is 0 Å². The summed E-state index contributed by atoms with van der Waals surface area (Å²) < 4.78 is 0. The van der Waals surface area contributed by atoms with E-state index in [1.54, 1.807) is 12.4 Å². The Morgan fingerprint density at radius 3 is 3.22 bits per heavy atom. The first-order valence-corrected chi connectivity index (χ1v) is 6.84. The quantitative estimate of drug-likeness (QED) is 0.769. The fourth-order valence-corrected chi connectivity index (χ4v) is 2.49. The van der Waals surface area contributed by atoms with Gasteiger partial charge in [0.1, 0.15) is 0 Å². The average molecular weight is 250 g/mol. The lowest BCUT2D eigenvalue weighted by atomic mass is 10.0. The molecule has 1 fully saturated rings. The van der Waals surface area contributed by atoms with E-state index in [0.717, 1.165) is 38.9 Å². The van der Waals surface area contributed by atoms with E-state index in [1.807, 2.05) is 0 Å². The molecule has 1 unspecified atom stereocenters. The molecule has 1 saturated heterocycles. The Morgan fingerprint density at radius 1 is 1.56 bits per heavy atom. The first-order valence-electron chi connectivity index (χ1n) is 6.84. The van der Waals surface area contributed by atoms with E-state index in [1.165, 1.54) is 6.42 Å². The molecule has 2 N–H and O–H groups in total. The molecular formula is C13H22N4O. The summed E-state index contributed by atoms with van der Waals surface area (Å²) in [5, 5.41) is 3.44. The molecule has 0 aliphatic carbocycles. The summed E-state index contributed by atoms with van der Waals surface area (Å²) in [6, 6.07) is 0.390. The second-order valence-electron chi connectivity index (χ2n) is 4.79. The normalized spacial score (nSPS) is 20.1. The predicted octanol–water partition coefficient (Wildman–Crippen LogP) is 1.13. The van der Waals surface area contributed by atoms with Crippen molar-refractivity contribution >= 4 is 5.82 Å². The number of H-pyrrole nitrogens is 1. The van der Waals surface area contributed by atoms with Gasteiger partial charge in [-0.25, -0.2) is 4.98 Å². The van der Waals surface area contributed by atoms with Crippen LogP contribution in [0.2, 0.25) is 0 Å². The lowest BCUT2D eigenvalue weighted by molar-refractivity contribution is 0.432. The minimum atomic E-state index is -0.0834. The van der Waals surface area contributed by atoms with E-state index in [0.29, 0.717) is 11.9 Å². The number of aromatic nitrogens is 2. The van der Waals surface area contributed by atoms with Gasteiger partial charge in [0.2, 0.25) is 0 Å². The van der Waals surface area contributed by atoms with Crippen LogP contribution in [-0.2, 0) is 0 Å². The Morgan fingerprint density at radius 2 is 2.44 bits per heavy atom. The van der Waals surface area contributed by atoms with Gasteiger partial charge in [0.15, 0.2) is 5.82 Å². The summed E-state index contributed by atoms with van der Waals surface area (Å²) in [4.78, 5) is 20.9. The van der Waals surface area contributed by atoms with Crippen molar-refractivity contribution in [1.82, 2.24) is 15.3 Å². The Bertz CT molecular complexity index is 417. The van der Waals surface area contributed by atoms with Gasteiger partial charge in [0.25, 0.3) is 5.56 Å². The molecule has 0 amide bonds. The van der Waals surface area contributed by atoms with Crippen LogP contribution in [0.5, 0.6) is 0 Å². The zero-order valence-electron chi connectivity index (χ0n) is 11.0. The van der Waals surface area contributed by atoms with Crippen LogP contribution in [0, 0.1) is 0 Å². The van der Waals surface area contributed by atoms with Crippen molar-refractivity contribution in [1.29, 1.82) is 0 Å². The van der Waals surface area contributed by atoms with Gasteiger partial charge in [-0.05, 0) is 32.2 Å². The molecular weight excluding hydrogens is 228 g/mol. The van der Waals surface area contributed by atoms with Crippen molar-refractivity contribution in [3.8, 4) is 0 Å². The van der Waals surface area contributed by atoms with Crippen LogP contribution >= 0.6 is 0 Å². The number of anilines is 1. The molecule has 2 rings (SSSR count). The molecule has 5 heteroatoms. The largest absolute Gasteiger partial charge is 0.348 e. The fourth-order valence-electron chi connectivity index (χ4n) is 2.49. The van der Waals surface area contributed by atoms with Gasteiger partial charge in [-0.15, -0.1) is 0 Å². The van der Waals surface area contributed by atoms with Gasteiger partial charge in [-0.2, -0.15) is 0 Å². The third-order valence-electron chi connectivity index (χ3n) is 3.39. The van der Waals surface area contributed by atoms with Gasteiger partial charge in [0.05, 0.1) is 0 Å². The van der Waals surface area contributed by atoms with Crippen LogP contribution in [0.25, 0.3) is 0 Å². The zero-order chi connectivity index (χ0) is 12.8. The lowest BCUT2D eigenvalue weighted by Crippen LogP contribution is -2.48. The van der Waals surface area contributed by atoms with Crippen LogP contribution in [0.15, 0.2) is 17.2 Å². The molecule has 1 atom stereocenters. The summed E-state index contributed by atoms with van der Waals surface area (Å²) in [7, 11) is 0.